The van der Waals surface area contributed by atoms with Crippen molar-refractivity contribution >= 4 is 56.9 Å². The lowest BCUT2D eigenvalue weighted by molar-refractivity contribution is -0.129. The Labute approximate surface area is 227 Å². The van der Waals surface area contributed by atoms with Crippen molar-refractivity contribution in [1.82, 2.24) is 0 Å². The number of aryl methyl sites for hydroxylation is 1. The van der Waals surface area contributed by atoms with Crippen molar-refractivity contribution in [2.45, 2.75) is 13.8 Å². The highest BCUT2D eigenvalue weighted by atomic mass is 35.5. The highest BCUT2D eigenvalue weighted by Crippen LogP contribution is 2.38. The number of esters is 2. The molecule has 3 aromatic carbocycles. The SMILES string of the molecule is CCOc1cc(/C=C2/N=C(c3sc4cc(C)ccc4c3Cl)OC2=O)ccc1OC(=O)c1ccc(OC)cc1. The second kappa shape index (κ2) is 10.7. The van der Waals surface area contributed by atoms with Gasteiger partial charge in [-0.3, -0.25) is 0 Å². The maximum absolute atomic E-state index is 12.6. The van der Waals surface area contributed by atoms with Gasteiger partial charge in [0.1, 0.15) is 10.6 Å². The van der Waals surface area contributed by atoms with Gasteiger partial charge in [0.2, 0.25) is 5.90 Å². The molecule has 0 spiro atoms. The first kappa shape index (κ1) is 25.5. The number of halogens is 1. The number of hydrogen-bond donors (Lipinski definition) is 0. The molecule has 0 bridgehead atoms. The van der Waals surface area contributed by atoms with Crippen molar-refractivity contribution in [3.8, 4) is 17.2 Å². The summed E-state index contributed by atoms with van der Waals surface area (Å²) in [6, 6.07) is 17.5. The van der Waals surface area contributed by atoms with Crippen molar-refractivity contribution < 1.29 is 28.5 Å². The number of hydrogen-bond acceptors (Lipinski definition) is 8. The predicted octanol–water partition coefficient (Wildman–Crippen LogP) is 6.83. The lowest BCUT2D eigenvalue weighted by Gasteiger charge is -2.11. The average Bonchev–Trinajstić information content (AvgIpc) is 3.44. The van der Waals surface area contributed by atoms with Crippen molar-refractivity contribution in [3.63, 3.8) is 0 Å². The fourth-order valence-electron chi connectivity index (χ4n) is 3.83. The molecule has 7 nitrogen and oxygen atoms in total. The maximum Gasteiger partial charge on any atom is 0.363 e. The minimum absolute atomic E-state index is 0.120. The van der Waals surface area contributed by atoms with Crippen LogP contribution in [-0.2, 0) is 9.53 Å². The lowest BCUT2D eigenvalue weighted by atomic mass is 10.1. The predicted molar refractivity (Wildman–Crippen MR) is 148 cm³/mol. The van der Waals surface area contributed by atoms with Gasteiger partial charge in [-0.25, -0.2) is 14.6 Å². The Bertz CT molecular complexity index is 1620. The van der Waals surface area contributed by atoms with Crippen LogP contribution in [0.4, 0.5) is 0 Å². The fourth-order valence-corrected chi connectivity index (χ4v) is 5.36. The molecule has 0 fully saturated rings. The van der Waals surface area contributed by atoms with Crippen LogP contribution in [0.1, 0.15) is 33.3 Å². The number of aliphatic imine (C=N–C) groups is 1. The van der Waals surface area contributed by atoms with E-state index in [-0.39, 0.29) is 17.3 Å². The minimum Gasteiger partial charge on any atom is -0.497 e. The Morgan fingerprint density at radius 1 is 1.08 bits per heavy atom. The summed E-state index contributed by atoms with van der Waals surface area (Å²) in [6.45, 7) is 4.17. The van der Waals surface area contributed by atoms with Gasteiger partial charge in [-0.05, 0) is 73.5 Å². The smallest absolute Gasteiger partial charge is 0.363 e. The second-order valence-electron chi connectivity index (χ2n) is 8.34. The zero-order chi connectivity index (χ0) is 26.8. The molecule has 1 aliphatic rings. The summed E-state index contributed by atoms with van der Waals surface area (Å²) in [4.78, 5) is 30.3. The molecule has 0 saturated heterocycles. The van der Waals surface area contributed by atoms with E-state index >= 15 is 0 Å². The molecule has 9 heteroatoms. The van der Waals surface area contributed by atoms with Crippen LogP contribution in [0.3, 0.4) is 0 Å². The molecular formula is C29H22ClNO6S. The zero-order valence-corrected chi connectivity index (χ0v) is 22.3. The minimum atomic E-state index is -0.585. The number of rotatable bonds is 7. The summed E-state index contributed by atoms with van der Waals surface area (Å²) in [5, 5.41) is 1.38. The number of benzene rings is 3. The molecule has 0 atom stereocenters. The quantitative estimate of drug-likeness (QED) is 0.143. The molecule has 0 amide bonds. The summed E-state index contributed by atoms with van der Waals surface area (Å²) in [6.07, 6.45) is 1.58. The van der Waals surface area contributed by atoms with E-state index < -0.39 is 11.9 Å². The number of ether oxygens (including phenoxy) is 4. The van der Waals surface area contributed by atoms with Crippen LogP contribution in [0.2, 0.25) is 5.02 Å². The van der Waals surface area contributed by atoms with Gasteiger partial charge in [0.05, 0.1) is 24.3 Å². The van der Waals surface area contributed by atoms with Gasteiger partial charge in [-0.15, -0.1) is 11.3 Å². The maximum atomic E-state index is 12.6. The number of carbonyl (C=O) groups is 2. The largest absolute Gasteiger partial charge is 0.497 e. The van der Waals surface area contributed by atoms with E-state index in [0.29, 0.717) is 39.1 Å². The van der Waals surface area contributed by atoms with Gasteiger partial charge in [-0.2, -0.15) is 0 Å². The van der Waals surface area contributed by atoms with E-state index in [1.54, 1.807) is 55.7 Å². The molecule has 192 valence electrons. The second-order valence-corrected chi connectivity index (χ2v) is 9.77. The van der Waals surface area contributed by atoms with Crippen LogP contribution in [0.5, 0.6) is 17.2 Å². The lowest BCUT2D eigenvalue weighted by Crippen LogP contribution is -2.09. The number of cyclic esters (lactones) is 1. The molecule has 0 aliphatic carbocycles. The molecule has 4 aromatic rings. The summed E-state index contributed by atoms with van der Waals surface area (Å²) >= 11 is 7.99. The van der Waals surface area contributed by atoms with Crippen LogP contribution in [0, 0.1) is 6.92 Å². The number of fused-ring (bicyclic) bond motifs is 1. The first-order valence-electron chi connectivity index (χ1n) is 11.7. The van der Waals surface area contributed by atoms with E-state index in [2.05, 4.69) is 4.99 Å². The number of carbonyl (C=O) groups excluding carboxylic acids is 2. The van der Waals surface area contributed by atoms with Gasteiger partial charge < -0.3 is 18.9 Å². The van der Waals surface area contributed by atoms with Gasteiger partial charge in [0, 0.05) is 10.1 Å². The van der Waals surface area contributed by atoms with E-state index in [4.69, 9.17) is 30.5 Å². The molecule has 1 aliphatic heterocycles. The molecule has 2 heterocycles. The van der Waals surface area contributed by atoms with Crippen molar-refractivity contribution in [3.05, 3.63) is 93.0 Å². The highest BCUT2D eigenvalue weighted by Gasteiger charge is 2.28. The fraction of sp³-hybridized carbons (Fsp3) is 0.138. The van der Waals surface area contributed by atoms with Crippen molar-refractivity contribution in [1.29, 1.82) is 0 Å². The molecule has 38 heavy (non-hydrogen) atoms. The molecule has 5 rings (SSSR count). The Kier molecular flexibility index (Phi) is 7.18. The van der Waals surface area contributed by atoms with E-state index in [0.717, 1.165) is 15.6 Å². The Morgan fingerprint density at radius 2 is 1.87 bits per heavy atom. The summed E-state index contributed by atoms with van der Waals surface area (Å²) in [5.74, 6) is 0.277. The van der Waals surface area contributed by atoms with Crippen LogP contribution in [0.25, 0.3) is 16.2 Å². The van der Waals surface area contributed by atoms with Crippen LogP contribution in [-0.4, -0.2) is 31.6 Å². The van der Waals surface area contributed by atoms with E-state index in [9.17, 15) is 9.59 Å². The van der Waals surface area contributed by atoms with E-state index in [1.165, 1.54) is 11.3 Å². The average molecular weight is 548 g/mol. The Balaban J connectivity index is 1.41. The van der Waals surface area contributed by atoms with Crippen molar-refractivity contribution in [2.75, 3.05) is 13.7 Å². The van der Waals surface area contributed by atoms with Crippen LogP contribution >= 0.6 is 22.9 Å². The topological polar surface area (TPSA) is 83.4 Å². The summed E-state index contributed by atoms with van der Waals surface area (Å²) in [7, 11) is 1.55. The van der Waals surface area contributed by atoms with Crippen LogP contribution < -0.4 is 14.2 Å². The monoisotopic (exact) mass is 547 g/mol. The standard InChI is InChI=1S/C29H22ClNO6S/c1-4-35-23-15-17(6-12-22(23)36-28(32)18-7-9-19(34-3)10-8-18)14-21-29(33)37-27(31-21)26-25(30)20-11-5-16(2)13-24(20)38-26/h5-15H,4H2,1-3H3/b21-14+. The molecule has 1 aromatic heterocycles. The number of nitrogens with zero attached hydrogens (tertiary/aromatic N) is 1. The van der Waals surface area contributed by atoms with Gasteiger partial charge in [0.15, 0.2) is 17.2 Å². The van der Waals surface area contributed by atoms with Gasteiger partial charge in [-0.1, -0.05) is 29.8 Å². The summed E-state index contributed by atoms with van der Waals surface area (Å²) < 4.78 is 22.8. The first-order valence-corrected chi connectivity index (χ1v) is 12.9. The summed E-state index contributed by atoms with van der Waals surface area (Å²) in [5.41, 5.74) is 2.21. The molecular weight excluding hydrogens is 526 g/mol. The van der Waals surface area contributed by atoms with Crippen molar-refractivity contribution in [2.24, 2.45) is 4.99 Å². The Hall–Kier alpha value is -4.14. The third kappa shape index (κ3) is 5.14. The van der Waals surface area contributed by atoms with Gasteiger partial charge >= 0.3 is 11.9 Å². The molecule has 0 saturated carbocycles. The first-order chi connectivity index (χ1) is 18.4. The van der Waals surface area contributed by atoms with Gasteiger partial charge in [0.25, 0.3) is 0 Å². The zero-order valence-electron chi connectivity index (χ0n) is 20.7. The Morgan fingerprint density at radius 3 is 2.61 bits per heavy atom. The molecule has 0 unspecified atom stereocenters. The third-order valence-electron chi connectivity index (χ3n) is 5.70. The molecule has 0 radical (unpaired) electrons. The molecule has 0 N–H and O–H groups in total. The number of methoxy groups -OCH3 is 1. The third-order valence-corrected chi connectivity index (χ3v) is 7.34. The normalized spacial score (nSPS) is 13.9. The highest BCUT2D eigenvalue weighted by molar-refractivity contribution is 7.21. The number of thiophene rings is 1. The van der Waals surface area contributed by atoms with Crippen LogP contribution in [0.15, 0.2) is 71.4 Å². The van der Waals surface area contributed by atoms with E-state index in [1.807, 2.05) is 32.0 Å².